The van der Waals surface area contributed by atoms with Crippen molar-refractivity contribution in [2.24, 2.45) is 0 Å². The lowest BCUT2D eigenvalue weighted by molar-refractivity contribution is -0.146. The van der Waals surface area contributed by atoms with Gasteiger partial charge in [0.25, 0.3) is 5.91 Å². The number of esters is 1. The molecule has 5 nitrogen and oxygen atoms in total. The standard InChI is InChI=1S/C16H17FN2O3S/c1-10-14(6-7-18-15(21)9-22-11(2)20)23-16(19-10)12-4-3-5-13(17)8-12/h3-5,8H,6-7,9H2,1-2H3,(H,18,21). The van der Waals surface area contributed by atoms with Crippen LogP contribution in [0.1, 0.15) is 17.5 Å². The second-order valence-corrected chi connectivity index (χ2v) is 6.00. The summed E-state index contributed by atoms with van der Waals surface area (Å²) in [6, 6.07) is 6.30. The van der Waals surface area contributed by atoms with Gasteiger partial charge in [0.2, 0.25) is 0 Å². The van der Waals surface area contributed by atoms with Gasteiger partial charge in [-0.3, -0.25) is 9.59 Å². The van der Waals surface area contributed by atoms with Crippen LogP contribution in [0.15, 0.2) is 24.3 Å². The Hall–Kier alpha value is -2.28. The van der Waals surface area contributed by atoms with Crippen molar-refractivity contribution in [1.82, 2.24) is 10.3 Å². The van der Waals surface area contributed by atoms with Crippen LogP contribution >= 0.6 is 11.3 Å². The molecule has 1 amide bonds. The van der Waals surface area contributed by atoms with E-state index in [1.165, 1.54) is 30.4 Å². The fourth-order valence-corrected chi connectivity index (χ4v) is 3.00. The van der Waals surface area contributed by atoms with E-state index in [0.29, 0.717) is 13.0 Å². The molecular weight excluding hydrogens is 319 g/mol. The van der Waals surface area contributed by atoms with E-state index in [1.807, 2.05) is 13.0 Å². The zero-order valence-corrected chi connectivity index (χ0v) is 13.7. The molecule has 0 aliphatic carbocycles. The van der Waals surface area contributed by atoms with Crippen LogP contribution in [0.25, 0.3) is 10.6 Å². The van der Waals surface area contributed by atoms with Gasteiger partial charge in [-0.05, 0) is 19.1 Å². The summed E-state index contributed by atoms with van der Waals surface area (Å²) < 4.78 is 17.9. The molecule has 23 heavy (non-hydrogen) atoms. The zero-order chi connectivity index (χ0) is 16.8. The summed E-state index contributed by atoms with van der Waals surface area (Å²) in [6.07, 6.45) is 0.616. The minimum absolute atomic E-state index is 0.272. The second-order valence-electron chi connectivity index (χ2n) is 4.92. The van der Waals surface area contributed by atoms with Crippen molar-refractivity contribution in [3.05, 3.63) is 40.7 Å². The van der Waals surface area contributed by atoms with Crippen LogP contribution in [-0.4, -0.2) is 30.0 Å². The Morgan fingerprint density at radius 3 is 2.87 bits per heavy atom. The normalized spacial score (nSPS) is 10.4. The first-order chi connectivity index (χ1) is 11.0. The summed E-state index contributed by atoms with van der Waals surface area (Å²) >= 11 is 1.48. The van der Waals surface area contributed by atoms with Crippen molar-refractivity contribution >= 4 is 23.2 Å². The summed E-state index contributed by atoms with van der Waals surface area (Å²) in [7, 11) is 0. The van der Waals surface area contributed by atoms with E-state index in [9.17, 15) is 14.0 Å². The van der Waals surface area contributed by atoms with E-state index in [1.54, 1.807) is 6.07 Å². The number of nitrogens with one attached hydrogen (secondary N) is 1. The summed E-state index contributed by atoms with van der Waals surface area (Å²) in [4.78, 5) is 27.5. The summed E-state index contributed by atoms with van der Waals surface area (Å²) in [5.74, 6) is -1.12. The SMILES string of the molecule is CC(=O)OCC(=O)NCCc1sc(-c2cccc(F)c2)nc1C. The quantitative estimate of drug-likeness (QED) is 0.823. The monoisotopic (exact) mass is 336 g/mol. The molecule has 1 N–H and O–H groups in total. The van der Waals surface area contributed by atoms with Crippen LogP contribution in [0.3, 0.4) is 0 Å². The highest BCUT2D eigenvalue weighted by Gasteiger charge is 2.11. The average Bonchev–Trinajstić information content (AvgIpc) is 2.86. The number of benzene rings is 1. The van der Waals surface area contributed by atoms with E-state index in [2.05, 4.69) is 15.0 Å². The Bertz CT molecular complexity index is 715. The number of aromatic nitrogens is 1. The molecule has 0 atom stereocenters. The maximum atomic E-state index is 13.3. The molecule has 1 heterocycles. The Labute approximate surface area is 137 Å². The molecule has 122 valence electrons. The molecular formula is C16H17FN2O3S. The number of thiazole rings is 1. The summed E-state index contributed by atoms with van der Waals surface area (Å²) in [5, 5.41) is 3.43. The first-order valence-corrected chi connectivity index (χ1v) is 7.89. The predicted octanol–water partition coefficient (Wildman–Crippen LogP) is 2.48. The number of carbonyl (C=O) groups is 2. The molecule has 0 bridgehead atoms. The molecule has 0 unspecified atom stereocenters. The number of nitrogens with zero attached hydrogens (tertiary/aromatic N) is 1. The van der Waals surface area contributed by atoms with Crippen molar-refractivity contribution in [2.75, 3.05) is 13.2 Å². The zero-order valence-electron chi connectivity index (χ0n) is 12.9. The molecule has 0 radical (unpaired) electrons. The second kappa shape index (κ2) is 7.82. The Kier molecular flexibility index (Phi) is 5.81. The highest BCUT2D eigenvalue weighted by Crippen LogP contribution is 2.28. The molecule has 1 aromatic carbocycles. The first-order valence-electron chi connectivity index (χ1n) is 7.08. The highest BCUT2D eigenvalue weighted by molar-refractivity contribution is 7.15. The van der Waals surface area contributed by atoms with Gasteiger partial charge in [-0.25, -0.2) is 9.37 Å². The lowest BCUT2D eigenvalue weighted by Gasteiger charge is -2.04. The van der Waals surface area contributed by atoms with Crippen LogP contribution in [0.2, 0.25) is 0 Å². The van der Waals surface area contributed by atoms with Gasteiger partial charge in [-0.2, -0.15) is 0 Å². The molecule has 0 aliphatic heterocycles. The van der Waals surface area contributed by atoms with Gasteiger partial charge >= 0.3 is 5.97 Å². The number of carbonyl (C=O) groups excluding carboxylic acids is 2. The molecule has 0 spiro atoms. The maximum Gasteiger partial charge on any atom is 0.303 e. The highest BCUT2D eigenvalue weighted by atomic mass is 32.1. The molecule has 0 saturated carbocycles. The maximum absolute atomic E-state index is 13.3. The molecule has 2 rings (SSSR count). The van der Waals surface area contributed by atoms with Gasteiger partial charge in [-0.15, -0.1) is 11.3 Å². The third-order valence-electron chi connectivity index (χ3n) is 3.04. The van der Waals surface area contributed by atoms with E-state index >= 15 is 0 Å². The number of hydrogen-bond donors (Lipinski definition) is 1. The molecule has 1 aromatic heterocycles. The lowest BCUT2D eigenvalue weighted by atomic mass is 10.2. The average molecular weight is 336 g/mol. The Morgan fingerprint density at radius 2 is 2.17 bits per heavy atom. The minimum Gasteiger partial charge on any atom is -0.456 e. The van der Waals surface area contributed by atoms with E-state index in [-0.39, 0.29) is 18.3 Å². The Balaban J connectivity index is 1.92. The van der Waals surface area contributed by atoms with Crippen LogP contribution < -0.4 is 5.32 Å². The van der Waals surface area contributed by atoms with Crippen molar-refractivity contribution in [3.63, 3.8) is 0 Å². The van der Waals surface area contributed by atoms with Crippen LogP contribution in [0.4, 0.5) is 4.39 Å². The number of halogens is 1. The fraction of sp³-hybridized carbons (Fsp3) is 0.312. The van der Waals surface area contributed by atoms with E-state index in [4.69, 9.17) is 0 Å². The fourth-order valence-electron chi connectivity index (χ4n) is 1.94. The summed E-state index contributed by atoms with van der Waals surface area (Å²) in [5.41, 5.74) is 1.60. The van der Waals surface area contributed by atoms with Crippen LogP contribution in [0.5, 0.6) is 0 Å². The number of amides is 1. The van der Waals surface area contributed by atoms with Crippen molar-refractivity contribution in [2.45, 2.75) is 20.3 Å². The first kappa shape index (κ1) is 17.1. The molecule has 7 heteroatoms. The van der Waals surface area contributed by atoms with Gasteiger partial charge in [0, 0.05) is 30.3 Å². The van der Waals surface area contributed by atoms with Crippen molar-refractivity contribution in [1.29, 1.82) is 0 Å². The number of rotatable bonds is 6. The smallest absolute Gasteiger partial charge is 0.303 e. The summed E-state index contributed by atoms with van der Waals surface area (Å²) in [6.45, 7) is 3.29. The van der Waals surface area contributed by atoms with Crippen LogP contribution in [0, 0.1) is 12.7 Å². The number of ether oxygens (including phenoxy) is 1. The van der Waals surface area contributed by atoms with Gasteiger partial charge in [0.1, 0.15) is 10.8 Å². The van der Waals surface area contributed by atoms with Crippen molar-refractivity contribution in [3.8, 4) is 10.6 Å². The predicted molar refractivity (Wildman–Crippen MR) is 85.6 cm³/mol. The molecule has 0 fully saturated rings. The minimum atomic E-state index is -0.488. The third-order valence-corrected chi connectivity index (χ3v) is 4.31. The topological polar surface area (TPSA) is 68.3 Å². The van der Waals surface area contributed by atoms with Gasteiger partial charge < -0.3 is 10.1 Å². The number of hydrogen-bond acceptors (Lipinski definition) is 5. The number of aryl methyl sites for hydroxylation is 1. The molecule has 0 aliphatic rings. The van der Waals surface area contributed by atoms with Gasteiger partial charge in [-0.1, -0.05) is 12.1 Å². The van der Waals surface area contributed by atoms with Gasteiger partial charge in [0.05, 0.1) is 5.69 Å². The lowest BCUT2D eigenvalue weighted by Crippen LogP contribution is -2.30. The van der Waals surface area contributed by atoms with E-state index < -0.39 is 5.97 Å². The van der Waals surface area contributed by atoms with Crippen molar-refractivity contribution < 1.29 is 18.7 Å². The third kappa shape index (κ3) is 5.14. The Morgan fingerprint density at radius 1 is 1.39 bits per heavy atom. The molecule has 2 aromatic rings. The van der Waals surface area contributed by atoms with Gasteiger partial charge in [0.15, 0.2) is 6.61 Å². The molecule has 0 saturated heterocycles. The van der Waals surface area contributed by atoms with E-state index in [0.717, 1.165) is 21.1 Å². The largest absolute Gasteiger partial charge is 0.456 e. The van der Waals surface area contributed by atoms with Crippen LogP contribution in [-0.2, 0) is 20.7 Å².